The van der Waals surface area contributed by atoms with Gasteiger partial charge in [0.1, 0.15) is 12.4 Å². The minimum Gasteiger partial charge on any atom is -0.325 e. The molecule has 5 heteroatoms. The summed E-state index contributed by atoms with van der Waals surface area (Å²) in [5.41, 5.74) is 0.219. The highest BCUT2D eigenvalue weighted by Gasteiger charge is 2.17. The van der Waals surface area contributed by atoms with Crippen molar-refractivity contribution < 1.29 is 9.18 Å². The van der Waals surface area contributed by atoms with E-state index in [2.05, 4.69) is 0 Å². The Balaban J connectivity index is 2.97. The molecule has 3 nitrogen and oxygen atoms in total. The number of nitriles is 1. The fourth-order valence-electron chi connectivity index (χ4n) is 1.44. The molecule has 0 unspecified atom stereocenters. The third kappa shape index (κ3) is 3.43. The van der Waals surface area contributed by atoms with E-state index >= 15 is 0 Å². The van der Waals surface area contributed by atoms with Crippen molar-refractivity contribution in [1.29, 1.82) is 5.26 Å². The molecule has 0 saturated heterocycles. The number of carbonyl (C=O) groups is 1. The normalized spacial score (nSPS) is 9.76. The molecule has 0 fully saturated rings. The van der Waals surface area contributed by atoms with E-state index in [0.717, 1.165) is 12.5 Å². The molecule has 0 bridgehead atoms. The van der Waals surface area contributed by atoms with Crippen molar-refractivity contribution in [2.75, 3.05) is 13.1 Å². The first kappa shape index (κ1) is 13.5. The predicted molar refractivity (Wildman–Crippen MR) is 63.2 cm³/mol. The summed E-state index contributed by atoms with van der Waals surface area (Å²) in [4.78, 5) is 13.4. The second kappa shape index (κ2) is 6.21. The zero-order chi connectivity index (χ0) is 12.8. The van der Waals surface area contributed by atoms with E-state index < -0.39 is 5.82 Å². The van der Waals surface area contributed by atoms with Crippen LogP contribution in [0.3, 0.4) is 0 Å². The van der Waals surface area contributed by atoms with Crippen LogP contribution >= 0.6 is 11.6 Å². The zero-order valence-electron chi connectivity index (χ0n) is 9.41. The standard InChI is InChI=1S/C12H12ClFN2O/c1-2-6-16(7-5-15)12(17)10-4-3-9(14)8-11(10)13/h3-4,8H,2,6-7H2,1H3. The summed E-state index contributed by atoms with van der Waals surface area (Å²) in [5.74, 6) is -0.840. The lowest BCUT2D eigenvalue weighted by atomic mass is 10.2. The quantitative estimate of drug-likeness (QED) is 0.776. The number of hydrogen-bond acceptors (Lipinski definition) is 2. The Labute approximate surface area is 104 Å². The first-order valence-corrected chi connectivity index (χ1v) is 5.59. The van der Waals surface area contributed by atoms with Crippen LogP contribution in [0.5, 0.6) is 0 Å². The van der Waals surface area contributed by atoms with Crippen molar-refractivity contribution in [2.45, 2.75) is 13.3 Å². The van der Waals surface area contributed by atoms with Gasteiger partial charge in [-0.2, -0.15) is 5.26 Å². The van der Waals surface area contributed by atoms with Gasteiger partial charge in [-0.05, 0) is 24.6 Å². The maximum atomic E-state index is 12.8. The lowest BCUT2D eigenvalue weighted by Crippen LogP contribution is -2.32. The molecule has 0 aromatic heterocycles. The summed E-state index contributed by atoms with van der Waals surface area (Å²) < 4.78 is 12.8. The van der Waals surface area contributed by atoms with Crippen molar-refractivity contribution in [3.05, 3.63) is 34.6 Å². The molecule has 17 heavy (non-hydrogen) atoms. The third-order valence-corrected chi connectivity index (χ3v) is 2.52. The molecule has 0 aliphatic heterocycles. The molecule has 0 aliphatic rings. The highest BCUT2D eigenvalue weighted by Crippen LogP contribution is 2.19. The zero-order valence-corrected chi connectivity index (χ0v) is 10.2. The molecule has 90 valence electrons. The molecular weight excluding hydrogens is 243 g/mol. The number of nitrogens with zero attached hydrogens (tertiary/aromatic N) is 2. The second-order valence-corrected chi connectivity index (χ2v) is 3.92. The van der Waals surface area contributed by atoms with Gasteiger partial charge >= 0.3 is 0 Å². The second-order valence-electron chi connectivity index (χ2n) is 3.51. The van der Waals surface area contributed by atoms with Crippen LogP contribution in [0.15, 0.2) is 18.2 Å². The smallest absolute Gasteiger partial charge is 0.256 e. The minimum absolute atomic E-state index is 0.000376. The van der Waals surface area contributed by atoms with Gasteiger partial charge in [0.25, 0.3) is 5.91 Å². The highest BCUT2D eigenvalue weighted by atomic mass is 35.5. The molecule has 1 rings (SSSR count). The van der Waals surface area contributed by atoms with Crippen molar-refractivity contribution in [3.8, 4) is 6.07 Å². The van der Waals surface area contributed by atoms with Crippen LogP contribution in [-0.4, -0.2) is 23.9 Å². The summed E-state index contributed by atoms with van der Waals surface area (Å²) >= 11 is 5.80. The van der Waals surface area contributed by atoms with Crippen LogP contribution in [0.25, 0.3) is 0 Å². The van der Waals surface area contributed by atoms with Gasteiger partial charge in [0.05, 0.1) is 16.7 Å². The van der Waals surface area contributed by atoms with E-state index in [0.29, 0.717) is 6.54 Å². The Morgan fingerprint density at radius 1 is 1.59 bits per heavy atom. The summed E-state index contributed by atoms with van der Waals surface area (Å²) in [7, 11) is 0. The van der Waals surface area contributed by atoms with Gasteiger partial charge < -0.3 is 4.90 Å². The predicted octanol–water partition coefficient (Wildman–Crippen LogP) is 2.85. The van der Waals surface area contributed by atoms with Gasteiger partial charge in [-0.1, -0.05) is 18.5 Å². The van der Waals surface area contributed by atoms with Crippen LogP contribution in [0, 0.1) is 17.1 Å². The number of amides is 1. The van der Waals surface area contributed by atoms with Crippen LogP contribution in [0.1, 0.15) is 23.7 Å². The molecule has 0 radical (unpaired) electrons. The van der Waals surface area contributed by atoms with E-state index in [-0.39, 0.29) is 23.0 Å². The van der Waals surface area contributed by atoms with E-state index in [1.165, 1.54) is 17.0 Å². The fourth-order valence-corrected chi connectivity index (χ4v) is 1.69. The Hall–Kier alpha value is -1.60. The van der Waals surface area contributed by atoms with Crippen LogP contribution in [0.2, 0.25) is 5.02 Å². The molecule has 1 aromatic carbocycles. The van der Waals surface area contributed by atoms with Gasteiger partial charge in [-0.3, -0.25) is 4.79 Å². The molecule has 0 aliphatic carbocycles. The summed E-state index contributed by atoms with van der Waals surface area (Å²) in [6, 6.07) is 5.52. The molecule has 0 spiro atoms. The van der Waals surface area contributed by atoms with Crippen LogP contribution in [0.4, 0.5) is 4.39 Å². The van der Waals surface area contributed by atoms with E-state index in [9.17, 15) is 9.18 Å². The lowest BCUT2D eigenvalue weighted by molar-refractivity contribution is 0.0776. The van der Waals surface area contributed by atoms with Crippen molar-refractivity contribution in [2.24, 2.45) is 0 Å². The molecule has 0 N–H and O–H groups in total. The van der Waals surface area contributed by atoms with Gasteiger partial charge in [0.15, 0.2) is 0 Å². The Morgan fingerprint density at radius 3 is 2.82 bits per heavy atom. The summed E-state index contributed by atoms with van der Waals surface area (Å²) in [6.45, 7) is 2.38. The van der Waals surface area contributed by atoms with Gasteiger partial charge in [0.2, 0.25) is 0 Å². The fraction of sp³-hybridized carbons (Fsp3) is 0.333. The molecule has 0 atom stereocenters. The highest BCUT2D eigenvalue weighted by molar-refractivity contribution is 6.33. The minimum atomic E-state index is -0.492. The molecule has 0 saturated carbocycles. The Bertz CT molecular complexity index is 456. The average molecular weight is 255 g/mol. The third-order valence-electron chi connectivity index (χ3n) is 2.20. The maximum absolute atomic E-state index is 12.8. The topological polar surface area (TPSA) is 44.1 Å². The first-order valence-electron chi connectivity index (χ1n) is 5.21. The molecule has 0 heterocycles. The molecular formula is C12H12ClFN2O. The number of halogens is 2. The first-order chi connectivity index (χ1) is 8.10. The lowest BCUT2D eigenvalue weighted by Gasteiger charge is -2.19. The number of carbonyl (C=O) groups excluding carboxylic acids is 1. The monoisotopic (exact) mass is 254 g/mol. The maximum Gasteiger partial charge on any atom is 0.256 e. The van der Waals surface area contributed by atoms with E-state index in [4.69, 9.17) is 16.9 Å². The van der Waals surface area contributed by atoms with Gasteiger partial charge in [-0.25, -0.2) is 4.39 Å². The van der Waals surface area contributed by atoms with E-state index in [1.54, 1.807) is 0 Å². The number of hydrogen-bond donors (Lipinski definition) is 0. The van der Waals surface area contributed by atoms with Gasteiger partial charge in [0, 0.05) is 6.54 Å². The number of benzene rings is 1. The average Bonchev–Trinajstić information content (AvgIpc) is 2.28. The van der Waals surface area contributed by atoms with Crippen LogP contribution in [-0.2, 0) is 0 Å². The van der Waals surface area contributed by atoms with Crippen LogP contribution < -0.4 is 0 Å². The van der Waals surface area contributed by atoms with E-state index in [1.807, 2.05) is 13.0 Å². The molecule has 1 amide bonds. The van der Waals surface area contributed by atoms with Gasteiger partial charge in [-0.15, -0.1) is 0 Å². The van der Waals surface area contributed by atoms with Crippen molar-refractivity contribution in [3.63, 3.8) is 0 Å². The van der Waals surface area contributed by atoms with Crippen molar-refractivity contribution >= 4 is 17.5 Å². The Morgan fingerprint density at radius 2 is 2.29 bits per heavy atom. The SMILES string of the molecule is CCCN(CC#N)C(=O)c1ccc(F)cc1Cl. The number of rotatable bonds is 4. The summed E-state index contributed by atoms with van der Waals surface area (Å²) in [5, 5.41) is 8.70. The largest absolute Gasteiger partial charge is 0.325 e. The molecule has 1 aromatic rings. The Kier molecular flexibility index (Phi) is 4.92. The van der Waals surface area contributed by atoms with Crippen molar-refractivity contribution in [1.82, 2.24) is 4.90 Å². The summed E-state index contributed by atoms with van der Waals surface area (Å²) in [6.07, 6.45) is 0.742.